The van der Waals surface area contributed by atoms with E-state index in [1.165, 1.54) is 12.5 Å². The first-order valence-electron chi connectivity index (χ1n) is 16.3. The predicted molar refractivity (Wildman–Crippen MR) is 158 cm³/mol. The third-order valence-corrected chi connectivity index (χ3v) is 13.8. The molecule has 0 unspecified atom stereocenters. The van der Waals surface area contributed by atoms with E-state index in [2.05, 4.69) is 59.4 Å². The normalized spacial score (nSPS) is 43.3. The van der Waals surface area contributed by atoms with Gasteiger partial charge < -0.3 is 14.3 Å². The molecule has 5 aliphatic carbocycles. The first-order valence-corrected chi connectivity index (χ1v) is 16.3. The van der Waals surface area contributed by atoms with E-state index < -0.39 is 10.5 Å². The summed E-state index contributed by atoms with van der Waals surface area (Å²) in [6.45, 7) is 18.0. The number of esters is 2. The molecule has 4 fully saturated rings. The summed E-state index contributed by atoms with van der Waals surface area (Å²) in [7, 11) is 0. The van der Waals surface area contributed by atoms with Crippen LogP contribution in [0.5, 0.6) is 0 Å². The van der Waals surface area contributed by atoms with E-state index in [4.69, 9.17) is 9.47 Å². The van der Waals surface area contributed by atoms with Crippen molar-refractivity contribution >= 4 is 11.9 Å². The summed E-state index contributed by atoms with van der Waals surface area (Å²) >= 11 is 0. The molecular weight excluding hydrogens is 534 g/mol. The summed E-state index contributed by atoms with van der Waals surface area (Å²) in [5.41, 5.74) is 1.17. The van der Waals surface area contributed by atoms with Gasteiger partial charge in [0.05, 0.1) is 5.41 Å². The zero-order valence-electron chi connectivity index (χ0n) is 27.2. The number of hydrogen-bond donors (Lipinski definition) is 0. The quantitative estimate of drug-likeness (QED) is 0.104. The lowest BCUT2D eigenvalue weighted by atomic mass is 9.33. The van der Waals surface area contributed by atoms with Crippen LogP contribution < -0.4 is 0 Å². The highest BCUT2D eigenvalue weighted by Gasteiger charge is 2.69. The van der Waals surface area contributed by atoms with Crippen LogP contribution in [0, 0.1) is 60.4 Å². The van der Waals surface area contributed by atoms with Gasteiger partial charge in [0.15, 0.2) is 0 Å². The molecule has 5 aliphatic rings. The third kappa shape index (κ3) is 4.60. The van der Waals surface area contributed by atoms with Gasteiger partial charge in [0.25, 0.3) is 5.09 Å². The van der Waals surface area contributed by atoms with Crippen molar-refractivity contribution < 1.29 is 29.0 Å². The summed E-state index contributed by atoms with van der Waals surface area (Å²) in [5, 5.41) is 9.76. The molecule has 4 saturated carbocycles. The lowest BCUT2D eigenvalue weighted by molar-refractivity contribution is -0.757. The van der Waals surface area contributed by atoms with Crippen LogP contribution in [-0.4, -0.2) is 36.3 Å². The highest BCUT2D eigenvalue weighted by molar-refractivity contribution is 5.78. The number of hydrogen-bond acceptors (Lipinski definition) is 7. The molecule has 0 heterocycles. The Hall–Kier alpha value is -2.12. The molecule has 42 heavy (non-hydrogen) atoms. The fourth-order valence-corrected chi connectivity index (χ4v) is 11.4. The Bertz CT molecular complexity index is 1160. The second-order valence-electron chi connectivity index (χ2n) is 16.5. The van der Waals surface area contributed by atoms with Gasteiger partial charge in [-0.2, -0.15) is 0 Å². The summed E-state index contributed by atoms with van der Waals surface area (Å²) < 4.78 is 11.6. The van der Waals surface area contributed by atoms with Crippen LogP contribution in [0.4, 0.5) is 0 Å². The highest BCUT2D eigenvalue weighted by Crippen LogP contribution is 2.76. The molecule has 5 rings (SSSR count). The largest absolute Gasteiger partial charge is 0.463 e. The standard InChI is InChI=1S/C34H53NO7/c1-22(36)42-27-12-13-31(6)25(30(27,4)5)11-14-33(8)26(31)10-9-23-24-21-29(2,3)15-17-34(24,18-16-32(23,33)7)28(37)40-19-20-41-35(38)39/h9,24-27H,10-21H2,1-8H3/t24-,25-,26+,27-,31-,32+,33+,34-/m0/s1. The smallest absolute Gasteiger partial charge is 0.312 e. The molecule has 0 spiro atoms. The Kier molecular flexibility index (Phi) is 7.62. The van der Waals surface area contributed by atoms with E-state index in [0.29, 0.717) is 11.8 Å². The van der Waals surface area contributed by atoms with E-state index in [0.717, 1.165) is 64.2 Å². The van der Waals surface area contributed by atoms with E-state index in [-0.39, 0.29) is 64.2 Å². The summed E-state index contributed by atoms with van der Waals surface area (Å²) in [6, 6.07) is 0. The molecule has 0 aromatic rings. The first-order chi connectivity index (χ1) is 19.4. The van der Waals surface area contributed by atoms with Gasteiger partial charge >= 0.3 is 11.9 Å². The van der Waals surface area contributed by atoms with Gasteiger partial charge in [-0.3, -0.25) is 9.59 Å². The fraction of sp³-hybridized carbons (Fsp3) is 0.882. The van der Waals surface area contributed by atoms with Crippen LogP contribution in [0.25, 0.3) is 0 Å². The SMILES string of the molecule is CC(=O)O[C@H]1CC[C@]2(C)[C@H]3CC=C4[C@@H]5CC(C)(C)CC[C@]5(C(=O)OCCO[N+](=O)[O-])CC[C@@]4(C)[C@]3(C)CC[C@H]2C1(C)C. The van der Waals surface area contributed by atoms with Crippen LogP contribution in [0.2, 0.25) is 0 Å². The molecule has 0 aromatic heterocycles. The topological polar surface area (TPSA) is 105 Å². The molecule has 0 N–H and O–H groups in total. The van der Waals surface area contributed by atoms with E-state index in [1.807, 2.05) is 0 Å². The molecule has 0 bridgehead atoms. The Morgan fingerprint density at radius 3 is 2.29 bits per heavy atom. The number of fused-ring (bicyclic) bond motifs is 7. The summed E-state index contributed by atoms with van der Waals surface area (Å²) in [4.78, 5) is 40.8. The highest BCUT2D eigenvalue weighted by atomic mass is 17.0. The number of rotatable bonds is 6. The molecule has 8 atom stereocenters. The number of nitrogens with zero attached hydrogens (tertiary/aromatic N) is 1. The predicted octanol–water partition coefficient (Wildman–Crippen LogP) is 7.47. The van der Waals surface area contributed by atoms with E-state index in [9.17, 15) is 19.7 Å². The number of ether oxygens (including phenoxy) is 2. The van der Waals surface area contributed by atoms with Crippen molar-refractivity contribution in [3.8, 4) is 0 Å². The monoisotopic (exact) mass is 587 g/mol. The van der Waals surface area contributed by atoms with Crippen molar-refractivity contribution in [2.75, 3.05) is 13.2 Å². The van der Waals surface area contributed by atoms with Crippen LogP contribution in [0.1, 0.15) is 120 Å². The summed E-state index contributed by atoms with van der Waals surface area (Å²) in [6.07, 6.45) is 12.2. The van der Waals surface area contributed by atoms with Crippen molar-refractivity contribution in [2.45, 2.75) is 126 Å². The fourth-order valence-electron chi connectivity index (χ4n) is 11.4. The van der Waals surface area contributed by atoms with Crippen molar-refractivity contribution in [2.24, 2.45) is 50.2 Å². The van der Waals surface area contributed by atoms with Crippen LogP contribution in [0.15, 0.2) is 11.6 Å². The van der Waals surface area contributed by atoms with E-state index >= 15 is 0 Å². The molecule has 0 radical (unpaired) electrons. The molecule has 236 valence electrons. The molecule has 8 heteroatoms. The van der Waals surface area contributed by atoms with Crippen LogP contribution >= 0.6 is 0 Å². The Morgan fingerprint density at radius 2 is 1.62 bits per heavy atom. The summed E-state index contributed by atoms with van der Waals surface area (Å²) in [5.74, 6) is 0.729. The van der Waals surface area contributed by atoms with Crippen molar-refractivity contribution in [1.82, 2.24) is 0 Å². The minimum atomic E-state index is -0.840. The van der Waals surface area contributed by atoms with Gasteiger partial charge in [0.2, 0.25) is 0 Å². The van der Waals surface area contributed by atoms with Crippen molar-refractivity contribution in [3.63, 3.8) is 0 Å². The third-order valence-electron chi connectivity index (χ3n) is 13.8. The Morgan fingerprint density at radius 1 is 0.929 bits per heavy atom. The molecular formula is C34H53NO7. The number of carbonyl (C=O) groups is 2. The van der Waals surface area contributed by atoms with Gasteiger partial charge in [-0.05, 0) is 104 Å². The van der Waals surface area contributed by atoms with Gasteiger partial charge in [0.1, 0.15) is 19.3 Å². The second kappa shape index (κ2) is 10.2. The van der Waals surface area contributed by atoms with Gasteiger partial charge in [0, 0.05) is 12.3 Å². The van der Waals surface area contributed by atoms with Crippen LogP contribution in [-0.2, 0) is 23.9 Å². The van der Waals surface area contributed by atoms with Crippen LogP contribution in [0.3, 0.4) is 0 Å². The maximum atomic E-state index is 13.9. The Balaban J connectivity index is 1.48. The Labute approximate surface area is 251 Å². The van der Waals surface area contributed by atoms with E-state index in [1.54, 1.807) is 0 Å². The average Bonchev–Trinajstić information content (AvgIpc) is 2.88. The zero-order chi connectivity index (χ0) is 30.9. The number of carbonyl (C=O) groups excluding carboxylic acids is 2. The van der Waals surface area contributed by atoms with Gasteiger partial charge in [-0.25, -0.2) is 0 Å². The molecule has 0 aromatic carbocycles. The number of allylic oxidation sites excluding steroid dienone is 2. The van der Waals surface area contributed by atoms with Gasteiger partial charge in [-0.15, -0.1) is 10.1 Å². The molecule has 0 amide bonds. The minimum absolute atomic E-state index is 0.0165. The molecule has 0 aliphatic heterocycles. The van der Waals surface area contributed by atoms with Crippen molar-refractivity contribution in [1.29, 1.82) is 0 Å². The maximum Gasteiger partial charge on any atom is 0.312 e. The molecule has 8 nitrogen and oxygen atoms in total. The maximum absolute atomic E-state index is 13.9. The minimum Gasteiger partial charge on any atom is -0.463 e. The van der Waals surface area contributed by atoms with Crippen molar-refractivity contribution in [3.05, 3.63) is 21.8 Å². The first kappa shape index (κ1) is 31.3. The van der Waals surface area contributed by atoms with Gasteiger partial charge in [-0.1, -0.05) is 60.1 Å². The zero-order valence-corrected chi connectivity index (χ0v) is 27.2. The molecule has 0 saturated heterocycles. The lowest BCUT2D eigenvalue weighted by Gasteiger charge is -2.71. The lowest BCUT2D eigenvalue weighted by Crippen LogP contribution is -2.65. The average molecular weight is 588 g/mol. The second-order valence-corrected chi connectivity index (χ2v) is 16.5.